The molecule has 1 N–H and O–H groups in total. The normalized spacial score (nSPS) is 11.5. The van der Waals surface area contributed by atoms with Crippen LogP contribution in [0.3, 0.4) is 0 Å². The molecule has 0 saturated carbocycles. The van der Waals surface area contributed by atoms with Crippen LogP contribution < -0.4 is 5.32 Å². The van der Waals surface area contributed by atoms with Crippen LogP contribution in [0.4, 0.5) is 0 Å². The summed E-state index contributed by atoms with van der Waals surface area (Å²) < 4.78 is 27.6. The SMILES string of the molecule is CN(C)S(=O)(=O)c1ccccc1CNC(=O)c1cn(Cc2ccccc2)nn1. The zero-order chi connectivity index (χ0) is 20.1. The van der Waals surface area contributed by atoms with Gasteiger partial charge in [-0.05, 0) is 17.2 Å². The van der Waals surface area contributed by atoms with E-state index in [1.54, 1.807) is 29.1 Å². The smallest absolute Gasteiger partial charge is 0.273 e. The van der Waals surface area contributed by atoms with Crippen molar-refractivity contribution in [3.8, 4) is 0 Å². The number of benzene rings is 2. The fourth-order valence-corrected chi connectivity index (χ4v) is 3.73. The number of sulfonamides is 1. The fraction of sp³-hybridized carbons (Fsp3) is 0.211. The van der Waals surface area contributed by atoms with E-state index >= 15 is 0 Å². The van der Waals surface area contributed by atoms with Gasteiger partial charge in [-0.25, -0.2) is 17.4 Å². The van der Waals surface area contributed by atoms with Crippen molar-refractivity contribution in [2.24, 2.45) is 0 Å². The minimum atomic E-state index is -3.60. The van der Waals surface area contributed by atoms with Crippen LogP contribution in [0.1, 0.15) is 21.6 Å². The Balaban J connectivity index is 1.69. The standard InChI is InChI=1S/C19H21N5O3S/c1-23(2)28(26,27)18-11-7-6-10-16(18)12-20-19(25)17-14-24(22-21-17)13-15-8-4-3-5-9-15/h3-11,14H,12-13H2,1-2H3,(H,20,25). The van der Waals surface area contributed by atoms with Gasteiger partial charge in [-0.3, -0.25) is 4.79 Å². The molecule has 0 saturated heterocycles. The van der Waals surface area contributed by atoms with Crippen LogP contribution >= 0.6 is 0 Å². The van der Waals surface area contributed by atoms with Crippen molar-refractivity contribution in [1.82, 2.24) is 24.6 Å². The molecule has 0 aliphatic rings. The van der Waals surface area contributed by atoms with Crippen molar-refractivity contribution in [2.75, 3.05) is 14.1 Å². The summed E-state index contributed by atoms with van der Waals surface area (Å²) >= 11 is 0. The van der Waals surface area contributed by atoms with Gasteiger partial charge in [0.1, 0.15) is 0 Å². The minimum Gasteiger partial charge on any atom is -0.346 e. The van der Waals surface area contributed by atoms with Crippen molar-refractivity contribution in [3.05, 3.63) is 77.6 Å². The lowest BCUT2D eigenvalue weighted by atomic mass is 10.2. The molecule has 0 unspecified atom stereocenters. The predicted octanol–water partition coefficient (Wildman–Crippen LogP) is 1.51. The monoisotopic (exact) mass is 399 g/mol. The maximum absolute atomic E-state index is 12.4. The van der Waals surface area contributed by atoms with Gasteiger partial charge in [-0.1, -0.05) is 53.7 Å². The van der Waals surface area contributed by atoms with Crippen molar-refractivity contribution >= 4 is 15.9 Å². The van der Waals surface area contributed by atoms with E-state index in [1.807, 2.05) is 30.3 Å². The van der Waals surface area contributed by atoms with Gasteiger partial charge in [0.15, 0.2) is 5.69 Å². The molecule has 0 spiro atoms. The van der Waals surface area contributed by atoms with Crippen molar-refractivity contribution in [3.63, 3.8) is 0 Å². The third kappa shape index (κ3) is 4.44. The number of nitrogens with one attached hydrogen (secondary N) is 1. The van der Waals surface area contributed by atoms with E-state index in [9.17, 15) is 13.2 Å². The molecule has 0 radical (unpaired) electrons. The summed E-state index contributed by atoms with van der Waals surface area (Å²) in [4.78, 5) is 12.6. The summed E-state index contributed by atoms with van der Waals surface area (Å²) in [5, 5.41) is 10.6. The molecular formula is C19H21N5O3S. The zero-order valence-corrected chi connectivity index (χ0v) is 16.4. The summed E-state index contributed by atoms with van der Waals surface area (Å²) in [6.07, 6.45) is 1.56. The molecule has 1 heterocycles. The molecule has 0 bridgehead atoms. The Hall–Kier alpha value is -3.04. The number of hydrogen-bond acceptors (Lipinski definition) is 5. The average Bonchev–Trinajstić information content (AvgIpc) is 3.15. The molecule has 3 aromatic rings. The first kappa shape index (κ1) is 19.7. The molecule has 0 atom stereocenters. The second kappa shape index (κ2) is 8.32. The first-order valence-electron chi connectivity index (χ1n) is 8.60. The van der Waals surface area contributed by atoms with E-state index in [1.165, 1.54) is 20.2 Å². The number of carbonyl (C=O) groups excluding carboxylic acids is 1. The summed E-state index contributed by atoms with van der Waals surface area (Å²) in [5.41, 5.74) is 1.72. The number of carbonyl (C=O) groups is 1. The Kier molecular flexibility index (Phi) is 5.86. The second-order valence-electron chi connectivity index (χ2n) is 6.36. The highest BCUT2D eigenvalue weighted by Crippen LogP contribution is 2.18. The Morgan fingerprint density at radius 3 is 2.46 bits per heavy atom. The van der Waals surface area contributed by atoms with Crippen molar-refractivity contribution in [2.45, 2.75) is 18.0 Å². The van der Waals surface area contributed by atoms with Crippen LogP contribution in [0, 0.1) is 0 Å². The molecule has 0 aliphatic carbocycles. The number of nitrogens with zero attached hydrogens (tertiary/aromatic N) is 4. The lowest BCUT2D eigenvalue weighted by Gasteiger charge is -2.15. The Morgan fingerprint density at radius 1 is 1.07 bits per heavy atom. The molecule has 0 fully saturated rings. The lowest BCUT2D eigenvalue weighted by Crippen LogP contribution is -2.27. The van der Waals surface area contributed by atoms with Gasteiger partial charge in [0.2, 0.25) is 10.0 Å². The molecule has 9 heteroatoms. The molecule has 28 heavy (non-hydrogen) atoms. The maximum atomic E-state index is 12.4. The van der Waals surface area contributed by atoms with E-state index < -0.39 is 15.9 Å². The van der Waals surface area contributed by atoms with Crippen LogP contribution in [-0.4, -0.2) is 47.7 Å². The quantitative estimate of drug-likeness (QED) is 0.649. The summed E-state index contributed by atoms with van der Waals surface area (Å²) in [6.45, 7) is 0.568. The fourth-order valence-electron chi connectivity index (χ4n) is 2.61. The third-order valence-corrected chi connectivity index (χ3v) is 6.04. The van der Waals surface area contributed by atoms with Gasteiger partial charge in [-0.15, -0.1) is 5.10 Å². The molecule has 3 rings (SSSR count). The Labute approximate surface area is 163 Å². The summed E-state index contributed by atoms with van der Waals surface area (Å²) in [7, 11) is -0.665. The lowest BCUT2D eigenvalue weighted by molar-refractivity contribution is 0.0945. The Bertz CT molecular complexity index is 1060. The number of amides is 1. The second-order valence-corrected chi connectivity index (χ2v) is 8.49. The zero-order valence-electron chi connectivity index (χ0n) is 15.6. The Morgan fingerprint density at radius 2 is 1.75 bits per heavy atom. The van der Waals surface area contributed by atoms with Gasteiger partial charge in [0.05, 0.1) is 17.6 Å². The van der Waals surface area contributed by atoms with Gasteiger partial charge < -0.3 is 5.32 Å². The number of aromatic nitrogens is 3. The molecule has 146 valence electrons. The van der Waals surface area contributed by atoms with Crippen LogP contribution in [0.2, 0.25) is 0 Å². The molecule has 2 aromatic carbocycles. The number of hydrogen-bond donors (Lipinski definition) is 1. The summed E-state index contributed by atoms with van der Waals surface area (Å²) in [6, 6.07) is 16.3. The van der Waals surface area contributed by atoms with Crippen LogP contribution in [-0.2, 0) is 23.1 Å². The van der Waals surface area contributed by atoms with Gasteiger partial charge in [0, 0.05) is 20.6 Å². The third-order valence-electron chi connectivity index (χ3n) is 4.13. The van der Waals surface area contributed by atoms with Crippen molar-refractivity contribution < 1.29 is 13.2 Å². The highest BCUT2D eigenvalue weighted by molar-refractivity contribution is 7.89. The van der Waals surface area contributed by atoms with E-state index in [0.717, 1.165) is 9.87 Å². The highest BCUT2D eigenvalue weighted by Gasteiger charge is 2.21. The maximum Gasteiger partial charge on any atom is 0.273 e. The first-order valence-corrected chi connectivity index (χ1v) is 10.0. The van der Waals surface area contributed by atoms with Crippen molar-refractivity contribution in [1.29, 1.82) is 0 Å². The highest BCUT2D eigenvalue weighted by atomic mass is 32.2. The molecule has 0 aliphatic heterocycles. The average molecular weight is 399 g/mol. The largest absolute Gasteiger partial charge is 0.346 e. The van der Waals surface area contributed by atoms with Crippen LogP contribution in [0.5, 0.6) is 0 Å². The van der Waals surface area contributed by atoms with Gasteiger partial charge in [0.25, 0.3) is 5.91 Å². The van der Waals surface area contributed by atoms with Gasteiger partial charge >= 0.3 is 0 Å². The van der Waals surface area contributed by atoms with Crippen LogP contribution in [0.25, 0.3) is 0 Å². The van der Waals surface area contributed by atoms with E-state index in [4.69, 9.17) is 0 Å². The molecule has 1 amide bonds. The minimum absolute atomic E-state index is 0.0631. The molecule has 8 nitrogen and oxygen atoms in total. The topological polar surface area (TPSA) is 97.2 Å². The van der Waals surface area contributed by atoms with Crippen LogP contribution in [0.15, 0.2) is 65.7 Å². The number of rotatable bonds is 7. The van der Waals surface area contributed by atoms with Gasteiger partial charge in [-0.2, -0.15) is 0 Å². The molecular weight excluding hydrogens is 378 g/mol. The van der Waals surface area contributed by atoms with E-state index in [2.05, 4.69) is 15.6 Å². The van der Waals surface area contributed by atoms with E-state index in [0.29, 0.717) is 12.1 Å². The van der Waals surface area contributed by atoms with E-state index in [-0.39, 0.29) is 17.1 Å². The molecule has 1 aromatic heterocycles. The summed E-state index contributed by atoms with van der Waals surface area (Å²) in [5.74, 6) is -0.420. The predicted molar refractivity (Wildman–Crippen MR) is 104 cm³/mol. The first-order chi connectivity index (χ1) is 13.4.